The Morgan fingerprint density at radius 2 is 1.26 bits per heavy atom. The van der Waals surface area contributed by atoms with E-state index < -0.39 is 15.6 Å². The molecule has 0 fully saturated rings. The third-order valence-corrected chi connectivity index (χ3v) is 3.74. The number of aliphatic imine (C=N–C) groups is 1. The Morgan fingerprint density at radius 1 is 0.852 bits per heavy atom. The summed E-state index contributed by atoms with van der Waals surface area (Å²) in [6, 6.07) is 19.4. The molecule has 5 nitrogen and oxygen atoms in total. The topological polar surface area (TPSA) is 86.6 Å². The predicted molar refractivity (Wildman–Crippen MR) is 88.2 cm³/mol. The molecule has 0 aliphatic carbocycles. The van der Waals surface area contributed by atoms with Gasteiger partial charge in [-0.25, -0.2) is 13.4 Å². The number of amides is 1. The van der Waals surface area contributed by atoms with E-state index in [1.807, 2.05) is 66.7 Å². The van der Waals surface area contributed by atoms with Gasteiger partial charge in [-0.1, -0.05) is 60.7 Å². The Balaban J connectivity index is 0.000000350. The molecule has 0 bridgehead atoms. The molecule has 0 saturated heterocycles. The van der Waals surface area contributed by atoms with Gasteiger partial charge in [0.25, 0.3) is 5.91 Å². The van der Waals surface area contributed by atoms with E-state index in [4.69, 9.17) is 13.0 Å². The van der Waals surface area contributed by atoms with Crippen molar-refractivity contribution >= 4 is 27.3 Å². The fourth-order valence-corrected chi connectivity index (χ4v) is 1.98. The fraction of sp³-hybridized carbons (Fsp3) is 0.0588. The van der Waals surface area contributed by atoms with Crippen molar-refractivity contribution in [3.8, 4) is 0 Å². The molecule has 0 atom stereocenters. The number of allylic oxidation sites excluding steroid dienone is 1. The molecule has 0 saturated carbocycles. The molecular formula is C17H11CuF3NO4S+. The van der Waals surface area contributed by atoms with Gasteiger partial charge in [0.1, 0.15) is 0 Å². The normalized spacial score (nSPS) is 13.7. The molecule has 27 heavy (non-hydrogen) atoms. The van der Waals surface area contributed by atoms with Crippen molar-refractivity contribution in [3.63, 3.8) is 0 Å². The number of nitrogens with zero attached hydrogens (tertiary/aromatic N) is 1. The van der Waals surface area contributed by atoms with Crippen LogP contribution in [0.5, 0.6) is 0 Å². The van der Waals surface area contributed by atoms with Crippen LogP contribution in [-0.4, -0.2) is 30.1 Å². The summed E-state index contributed by atoms with van der Waals surface area (Å²) in [5.41, 5.74) is -2.37. The second kappa shape index (κ2) is 9.09. The van der Waals surface area contributed by atoms with Gasteiger partial charge in [0.2, 0.25) is 0 Å². The van der Waals surface area contributed by atoms with Crippen LogP contribution in [0.4, 0.5) is 13.2 Å². The summed E-state index contributed by atoms with van der Waals surface area (Å²) >= 11 is 0. The van der Waals surface area contributed by atoms with Crippen LogP contribution in [0, 0.1) is 0 Å². The molecule has 1 aliphatic rings. The van der Waals surface area contributed by atoms with Crippen LogP contribution >= 0.6 is 0 Å². The van der Waals surface area contributed by atoms with Gasteiger partial charge in [-0.2, -0.15) is 13.2 Å². The van der Waals surface area contributed by atoms with Gasteiger partial charge in [-0.05, 0) is 11.6 Å². The minimum Gasteiger partial charge on any atom is -0.741 e. The molecule has 3 rings (SSSR count). The molecule has 2 aromatic carbocycles. The van der Waals surface area contributed by atoms with Crippen molar-refractivity contribution in [1.82, 2.24) is 0 Å². The Bertz CT molecular complexity index is 916. The number of carbonyl (C=O) groups is 1. The van der Waals surface area contributed by atoms with Crippen molar-refractivity contribution in [1.29, 1.82) is 0 Å². The Labute approximate surface area is 163 Å². The number of alkyl halides is 3. The van der Waals surface area contributed by atoms with E-state index in [9.17, 15) is 18.0 Å². The van der Waals surface area contributed by atoms with Gasteiger partial charge in [0.15, 0.2) is 10.1 Å². The third kappa shape index (κ3) is 6.14. The molecular weight excluding hydrogens is 435 g/mol. The van der Waals surface area contributed by atoms with Gasteiger partial charge < -0.3 is 4.55 Å². The van der Waals surface area contributed by atoms with E-state index in [1.54, 1.807) is 0 Å². The SMILES string of the molecule is O=C1N=C(c2ccccc2)C=C1c1ccccc1.O=S(=O)([O-])C(F)(F)F.[Cu+2]. The maximum atomic E-state index is 11.9. The summed E-state index contributed by atoms with van der Waals surface area (Å²) in [5.74, 6) is -0.167. The number of halogens is 3. The first-order valence-electron chi connectivity index (χ1n) is 7.07. The van der Waals surface area contributed by atoms with Crippen molar-refractivity contribution in [2.75, 3.05) is 0 Å². The van der Waals surface area contributed by atoms with Crippen LogP contribution in [0.2, 0.25) is 0 Å². The van der Waals surface area contributed by atoms with Crippen molar-refractivity contribution < 1.29 is 48.0 Å². The average molecular weight is 446 g/mol. The maximum Gasteiger partial charge on any atom is 2.00 e. The van der Waals surface area contributed by atoms with Gasteiger partial charge in [0.05, 0.1) is 11.3 Å². The van der Waals surface area contributed by atoms with E-state index in [0.717, 1.165) is 16.8 Å². The molecule has 0 spiro atoms. The molecule has 0 unspecified atom stereocenters. The zero-order valence-electron chi connectivity index (χ0n) is 13.3. The summed E-state index contributed by atoms with van der Waals surface area (Å²) in [5, 5.41) is 0. The van der Waals surface area contributed by atoms with E-state index >= 15 is 0 Å². The maximum absolute atomic E-state index is 11.9. The molecule has 145 valence electrons. The molecule has 0 N–H and O–H groups in total. The van der Waals surface area contributed by atoms with E-state index in [2.05, 4.69) is 4.99 Å². The smallest absolute Gasteiger partial charge is 0.741 e. The van der Waals surface area contributed by atoms with Gasteiger partial charge in [-0.15, -0.1) is 0 Å². The van der Waals surface area contributed by atoms with Crippen LogP contribution < -0.4 is 0 Å². The van der Waals surface area contributed by atoms with Gasteiger partial charge in [0, 0.05) is 5.56 Å². The van der Waals surface area contributed by atoms with Crippen molar-refractivity contribution in [2.45, 2.75) is 5.51 Å². The van der Waals surface area contributed by atoms with Crippen molar-refractivity contribution in [3.05, 3.63) is 77.9 Å². The fourth-order valence-electron chi connectivity index (χ4n) is 1.98. The first-order valence-corrected chi connectivity index (χ1v) is 8.48. The minimum atomic E-state index is -6.09. The summed E-state index contributed by atoms with van der Waals surface area (Å²) < 4.78 is 58.9. The van der Waals surface area contributed by atoms with E-state index in [0.29, 0.717) is 5.57 Å². The first kappa shape index (κ1) is 22.8. The quantitative estimate of drug-likeness (QED) is 0.403. The first-order chi connectivity index (χ1) is 12.1. The summed E-state index contributed by atoms with van der Waals surface area (Å²) in [7, 11) is -6.09. The average Bonchev–Trinajstić information content (AvgIpc) is 2.97. The van der Waals surface area contributed by atoms with Crippen LogP contribution in [0.3, 0.4) is 0 Å². The van der Waals surface area contributed by atoms with E-state index in [-0.39, 0.29) is 23.0 Å². The van der Waals surface area contributed by atoms with Crippen LogP contribution in [-0.2, 0) is 32.0 Å². The molecule has 1 aliphatic heterocycles. The van der Waals surface area contributed by atoms with Crippen LogP contribution in [0.1, 0.15) is 11.1 Å². The monoisotopic (exact) mass is 445 g/mol. The number of hydrogen-bond donors (Lipinski definition) is 0. The summed E-state index contributed by atoms with van der Waals surface area (Å²) in [6.45, 7) is 0. The Hall–Kier alpha value is -2.26. The van der Waals surface area contributed by atoms with Crippen molar-refractivity contribution in [2.24, 2.45) is 4.99 Å². The second-order valence-corrected chi connectivity index (χ2v) is 6.36. The van der Waals surface area contributed by atoms with Gasteiger partial charge >= 0.3 is 22.6 Å². The molecule has 1 radical (unpaired) electrons. The molecule has 10 heteroatoms. The third-order valence-electron chi connectivity index (χ3n) is 3.17. The van der Waals surface area contributed by atoms with Gasteiger partial charge in [-0.3, -0.25) is 4.79 Å². The van der Waals surface area contributed by atoms with Crippen LogP contribution in [0.25, 0.3) is 5.57 Å². The molecule has 2 aromatic rings. The van der Waals surface area contributed by atoms with E-state index in [1.165, 1.54) is 0 Å². The Morgan fingerprint density at radius 3 is 1.67 bits per heavy atom. The zero-order chi connectivity index (χ0) is 19.4. The number of carbonyl (C=O) groups excluding carboxylic acids is 1. The standard InChI is InChI=1S/C16H11NO.CHF3O3S.Cu/c18-16-14(12-7-3-1-4-8-12)11-15(17-16)13-9-5-2-6-10-13;2-1(3,4)8(5,6)7;/h1-11H;(H,5,6,7);/q;;+2/p-1. The number of rotatable bonds is 2. The molecule has 0 aromatic heterocycles. The number of benzene rings is 2. The second-order valence-electron chi connectivity index (χ2n) is 4.99. The van der Waals surface area contributed by atoms with Crippen LogP contribution in [0.15, 0.2) is 71.7 Å². The number of hydrogen-bond acceptors (Lipinski definition) is 4. The zero-order valence-corrected chi connectivity index (χ0v) is 15.0. The predicted octanol–water partition coefficient (Wildman–Crippen LogP) is 3.15. The summed E-state index contributed by atoms with van der Waals surface area (Å²) in [4.78, 5) is 16.0. The Kier molecular flexibility index (Phi) is 7.67. The largest absolute Gasteiger partial charge is 2.00 e. The molecule has 1 amide bonds. The minimum absolute atomic E-state index is 0. The molecule has 1 heterocycles. The summed E-state index contributed by atoms with van der Waals surface area (Å²) in [6.07, 6.45) is 1.85.